The summed E-state index contributed by atoms with van der Waals surface area (Å²) in [5.41, 5.74) is 11.3. The van der Waals surface area contributed by atoms with Gasteiger partial charge in [0.05, 0.1) is 12.5 Å². The number of aromatic hydroxyl groups is 1. The van der Waals surface area contributed by atoms with Gasteiger partial charge in [0.15, 0.2) is 0 Å². The van der Waals surface area contributed by atoms with Gasteiger partial charge in [-0.2, -0.15) is 0 Å². The first-order valence-electron chi connectivity index (χ1n) is 11.7. The van der Waals surface area contributed by atoms with Crippen molar-refractivity contribution < 1.29 is 34.2 Å². The van der Waals surface area contributed by atoms with Crippen molar-refractivity contribution in [1.29, 1.82) is 0 Å². The Kier molecular flexibility index (Phi) is 11.8. The number of hydrogen-bond donors (Lipinski definition) is 7. The van der Waals surface area contributed by atoms with Crippen molar-refractivity contribution in [2.24, 2.45) is 23.3 Å². The second kappa shape index (κ2) is 14.0. The number of phenolic OH excluding ortho intramolecular Hbond substituents is 1. The highest BCUT2D eigenvalue weighted by Crippen LogP contribution is 2.13. The van der Waals surface area contributed by atoms with Crippen LogP contribution in [0.3, 0.4) is 0 Å². The van der Waals surface area contributed by atoms with E-state index in [1.165, 1.54) is 12.1 Å². The summed E-state index contributed by atoms with van der Waals surface area (Å²) < 4.78 is 0. The molecule has 1 aromatic rings. The van der Waals surface area contributed by atoms with Crippen LogP contribution in [0.4, 0.5) is 0 Å². The Labute approximate surface area is 210 Å². The number of nitrogens with one attached hydrogen (secondary N) is 3. The van der Waals surface area contributed by atoms with Crippen molar-refractivity contribution in [2.75, 3.05) is 0 Å². The molecule has 200 valence electrons. The van der Waals surface area contributed by atoms with E-state index in [1.54, 1.807) is 26.0 Å². The van der Waals surface area contributed by atoms with E-state index in [0.29, 0.717) is 5.56 Å². The van der Waals surface area contributed by atoms with Gasteiger partial charge in [0.25, 0.3) is 0 Å². The van der Waals surface area contributed by atoms with Crippen LogP contribution in [-0.4, -0.2) is 64.0 Å². The third kappa shape index (κ3) is 10.3. The minimum Gasteiger partial charge on any atom is -0.508 e. The molecule has 0 aromatic heterocycles. The molecule has 0 aliphatic heterocycles. The first-order chi connectivity index (χ1) is 16.7. The molecule has 0 saturated heterocycles. The van der Waals surface area contributed by atoms with Gasteiger partial charge < -0.3 is 37.6 Å². The number of carbonyl (C=O) groups excluding carboxylic acids is 4. The number of phenols is 1. The van der Waals surface area contributed by atoms with Crippen LogP contribution in [-0.2, 0) is 30.4 Å². The smallest absolute Gasteiger partial charge is 0.326 e. The molecular formula is C24H37N5O7. The zero-order valence-electron chi connectivity index (χ0n) is 21.0. The van der Waals surface area contributed by atoms with E-state index in [1.807, 2.05) is 13.8 Å². The second-order valence-corrected chi connectivity index (χ2v) is 9.47. The molecule has 0 spiro atoms. The van der Waals surface area contributed by atoms with Crippen molar-refractivity contribution in [3.05, 3.63) is 29.8 Å². The summed E-state index contributed by atoms with van der Waals surface area (Å²) >= 11 is 0. The summed E-state index contributed by atoms with van der Waals surface area (Å²) in [5.74, 6) is -4.52. The summed E-state index contributed by atoms with van der Waals surface area (Å²) in [6.07, 6.45) is -0.219. The summed E-state index contributed by atoms with van der Waals surface area (Å²) in [7, 11) is 0. The molecule has 0 bridgehead atoms. The summed E-state index contributed by atoms with van der Waals surface area (Å²) in [5, 5.41) is 26.6. The Morgan fingerprint density at radius 1 is 0.861 bits per heavy atom. The van der Waals surface area contributed by atoms with Gasteiger partial charge in [-0.25, -0.2) is 4.79 Å². The maximum absolute atomic E-state index is 13.0. The standard InChI is InChI=1S/C24H37N5O7/c1-12(2)9-17(22(33)28-18(24(35)36)10-14-5-7-15(30)8-6-14)27-23(34)20(13(3)4)29-21(32)16(25)11-19(26)31/h5-8,12-13,16-18,20,30H,9-11,25H2,1-4H3,(H2,26,31)(H,27,34)(H,28,33)(H,29,32)(H,35,36). The molecule has 0 saturated carbocycles. The summed E-state index contributed by atoms with van der Waals surface area (Å²) in [6, 6.07) is 1.26. The highest BCUT2D eigenvalue weighted by Gasteiger charge is 2.32. The molecular weight excluding hydrogens is 470 g/mol. The summed E-state index contributed by atoms with van der Waals surface area (Å²) in [4.78, 5) is 61.2. The van der Waals surface area contributed by atoms with Crippen LogP contribution in [0.25, 0.3) is 0 Å². The molecule has 36 heavy (non-hydrogen) atoms. The fraction of sp³-hybridized carbons (Fsp3) is 0.542. The second-order valence-electron chi connectivity index (χ2n) is 9.47. The van der Waals surface area contributed by atoms with Crippen LogP contribution in [0.15, 0.2) is 24.3 Å². The normalized spacial score (nSPS) is 14.4. The zero-order valence-corrected chi connectivity index (χ0v) is 21.0. The van der Waals surface area contributed by atoms with Gasteiger partial charge in [-0.3, -0.25) is 19.2 Å². The topological polar surface area (TPSA) is 214 Å². The monoisotopic (exact) mass is 507 g/mol. The molecule has 1 aromatic carbocycles. The van der Waals surface area contributed by atoms with Gasteiger partial charge in [0.2, 0.25) is 23.6 Å². The van der Waals surface area contributed by atoms with E-state index in [2.05, 4.69) is 16.0 Å². The number of rotatable bonds is 14. The average Bonchev–Trinajstić information content (AvgIpc) is 2.76. The number of benzene rings is 1. The van der Waals surface area contributed by atoms with Crippen LogP contribution in [0.5, 0.6) is 5.75 Å². The lowest BCUT2D eigenvalue weighted by molar-refractivity contribution is -0.142. The number of primary amides is 1. The Hall–Kier alpha value is -3.67. The molecule has 4 atom stereocenters. The van der Waals surface area contributed by atoms with Crippen LogP contribution < -0.4 is 27.4 Å². The molecule has 12 heteroatoms. The zero-order chi connectivity index (χ0) is 27.6. The molecule has 4 unspecified atom stereocenters. The van der Waals surface area contributed by atoms with E-state index in [-0.39, 0.29) is 24.5 Å². The van der Waals surface area contributed by atoms with Crippen LogP contribution >= 0.6 is 0 Å². The van der Waals surface area contributed by atoms with Crippen LogP contribution in [0.2, 0.25) is 0 Å². The lowest BCUT2D eigenvalue weighted by Gasteiger charge is -2.27. The lowest BCUT2D eigenvalue weighted by atomic mass is 9.99. The van der Waals surface area contributed by atoms with Crippen molar-refractivity contribution >= 4 is 29.6 Å². The fourth-order valence-electron chi connectivity index (χ4n) is 3.41. The molecule has 0 fully saturated rings. The van der Waals surface area contributed by atoms with Gasteiger partial charge in [0, 0.05) is 6.42 Å². The fourth-order valence-corrected chi connectivity index (χ4v) is 3.41. The average molecular weight is 508 g/mol. The third-order valence-electron chi connectivity index (χ3n) is 5.34. The van der Waals surface area contributed by atoms with Crippen molar-refractivity contribution in [3.63, 3.8) is 0 Å². The Morgan fingerprint density at radius 2 is 1.42 bits per heavy atom. The first-order valence-corrected chi connectivity index (χ1v) is 11.7. The molecule has 0 aliphatic rings. The van der Waals surface area contributed by atoms with E-state index in [0.717, 1.165) is 0 Å². The number of hydrogen-bond acceptors (Lipinski definition) is 7. The number of carbonyl (C=O) groups is 5. The number of nitrogens with two attached hydrogens (primary N) is 2. The van der Waals surface area contributed by atoms with E-state index in [9.17, 15) is 34.2 Å². The third-order valence-corrected chi connectivity index (χ3v) is 5.34. The number of aliphatic carboxylic acids is 1. The highest BCUT2D eigenvalue weighted by atomic mass is 16.4. The predicted octanol–water partition coefficient (Wildman–Crippen LogP) is -0.621. The highest BCUT2D eigenvalue weighted by molar-refractivity contribution is 5.95. The molecule has 4 amide bonds. The minimum atomic E-state index is -1.28. The van der Waals surface area contributed by atoms with Crippen LogP contribution in [0.1, 0.15) is 46.1 Å². The summed E-state index contributed by atoms with van der Waals surface area (Å²) in [6.45, 7) is 7.03. The van der Waals surface area contributed by atoms with Gasteiger partial charge in [0.1, 0.15) is 23.9 Å². The van der Waals surface area contributed by atoms with Gasteiger partial charge >= 0.3 is 5.97 Å². The maximum Gasteiger partial charge on any atom is 0.326 e. The minimum absolute atomic E-state index is 0.0248. The molecule has 9 N–H and O–H groups in total. The van der Waals surface area contributed by atoms with Crippen molar-refractivity contribution in [2.45, 2.75) is 71.1 Å². The number of amides is 4. The largest absolute Gasteiger partial charge is 0.508 e. The molecule has 0 aliphatic carbocycles. The first kappa shape index (κ1) is 30.4. The molecule has 12 nitrogen and oxygen atoms in total. The lowest BCUT2D eigenvalue weighted by Crippen LogP contribution is -2.59. The Bertz CT molecular complexity index is 933. The van der Waals surface area contributed by atoms with Crippen molar-refractivity contribution in [1.82, 2.24) is 16.0 Å². The quantitative estimate of drug-likeness (QED) is 0.172. The van der Waals surface area contributed by atoms with E-state index in [4.69, 9.17) is 11.5 Å². The van der Waals surface area contributed by atoms with Gasteiger partial charge in [-0.1, -0.05) is 39.8 Å². The number of carboxylic acids is 1. The molecule has 0 radical (unpaired) electrons. The van der Waals surface area contributed by atoms with E-state index < -0.39 is 66.1 Å². The SMILES string of the molecule is CC(C)CC(NC(=O)C(NC(=O)C(N)CC(N)=O)C(C)C)C(=O)NC(Cc1ccc(O)cc1)C(=O)O. The van der Waals surface area contributed by atoms with Gasteiger partial charge in [-0.15, -0.1) is 0 Å². The maximum atomic E-state index is 13.0. The van der Waals surface area contributed by atoms with Crippen LogP contribution in [0, 0.1) is 11.8 Å². The molecule has 1 rings (SSSR count). The van der Waals surface area contributed by atoms with Crippen molar-refractivity contribution in [3.8, 4) is 5.75 Å². The van der Waals surface area contributed by atoms with Gasteiger partial charge in [-0.05, 0) is 36.0 Å². The molecule has 0 heterocycles. The Balaban J connectivity index is 2.99. The predicted molar refractivity (Wildman–Crippen MR) is 131 cm³/mol. The number of carboxylic acid groups (broad SMARTS) is 1. The van der Waals surface area contributed by atoms with E-state index >= 15 is 0 Å². The Morgan fingerprint density at radius 3 is 1.89 bits per heavy atom.